The molecule has 0 saturated carbocycles. The van der Waals surface area contributed by atoms with Gasteiger partial charge in [-0.3, -0.25) is 14.0 Å². The summed E-state index contributed by atoms with van der Waals surface area (Å²) in [6.45, 7) is 0.766. The van der Waals surface area contributed by atoms with Crippen LogP contribution >= 0.6 is 0 Å². The van der Waals surface area contributed by atoms with Gasteiger partial charge in [-0.15, -0.1) is 5.10 Å². The van der Waals surface area contributed by atoms with Crippen LogP contribution < -0.4 is 5.76 Å². The molecule has 2 heterocycles. The molecule has 0 bridgehead atoms. The molecule has 8 heteroatoms. The fraction of sp³-hybridized carbons (Fsp3) is 0.231. The van der Waals surface area contributed by atoms with Crippen LogP contribution in [0.25, 0.3) is 11.1 Å². The third kappa shape index (κ3) is 2.69. The van der Waals surface area contributed by atoms with Gasteiger partial charge in [-0.05, 0) is 12.1 Å². The predicted octanol–water partition coefficient (Wildman–Crippen LogP) is 0.513. The number of oxazole rings is 1. The lowest BCUT2D eigenvalue weighted by molar-refractivity contribution is -0.136. The minimum atomic E-state index is -0.959. The summed E-state index contributed by atoms with van der Waals surface area (Å²) in [4.78, 5) is 22.4. The van der Waals surface area contributed by atoms with E-state index in [1.54, 1.807) is 24.4 Å². The molecule has 0 aliphatic rings. The van der Waals surface area contributed by atoms with Crippen molar-refractivity contribution in [3.63, 3.8) is 0 Å². The van der Waals surface area contributed by atoms with Crippen LogP contribution in [0.2, 0.25) is 0 Å². The van der Waals surface area contributed by atoms with Crippen LogP contribution in [-0.2, 0) is 24.3 Å². The monoisotopic (exact) mass is 288 g/mol. The molecule has 0 spiro atoms. The van der Waals surface area contributed by atoms with Crippen molar-refractivity contribution >= 4 is 17.1 Å². The molecule has 2 aromatic heterocycles. The normalized spacial score (nSPS) is 11.0. The zero-order valence-electron chi connectivity index (χ0n) is 11.0. The molecular weight excluding hydrogens is 276 g/mol. The lowest BCUT2D eigenvalue weighted by Gasteiger charge is -2.01. The Balaban J connectivity index is 1.77. The number of carbonyl (C=O) groups is 1. The average molecular weight is 288 g/mol. The van der Waals surface area contributed by atoms with Gasteiger partial charge >= 0.3 is 11.7 Å². The van der Waals surface area contributed by atoms with E-state index in [-0.39, 0.29) is 6.42 Å². The Hall–Kier alpha value is -2.90. The van der Waals surface area contributed by atoms with E-state index in [1.807, 2.05) is 6.07 Å². The van der Waals surface area contributed by atoms with Crippen LogP contribution in [0.3, 0.4) is 0 Å². The Morgan fingerprint density at radius 2 is 2.10 bits per heavy atom. The van der Waals surface area contributed by atoms with Crippen molar-refractivity contribution in [3.8, 4) is 0 Å². The maximum atomic E-state index is 11.8. The number of carboxylic acid groups (broad SMARTS) is 1. The van der Waals surface area contributed by atoms with Crippen molar-refractivity contribution < 1.29 is 14.3 Å². The van der Waals surface area contributed by atoms with E-state index in [0.29, 0.717) is 29.9 Å². The average Bonchev–Trinajstić information content (AvgIpc) is 2.99. The van der Waals surface area contributed by atoms with Crippen molar-refractivity contribution in [2.24, 2.45) is 0 Å². The number of nitrogens with zero attached hydrogens (tertiary/aromatic N) is 4. The van der Waals surface area contributed by atoms with E-state index in [0.717, 1.165) is 0 Å². The topological polar surface area (TPSA) is 103 Å². The van der Waals surface area contributed by atoms with Gasteiger partial charge in [0.05, 0.1) is 24.2 Å². The van der Waals surface area contributed by atoms with Crippen LogP contribution in [-0.4, -0.2) is 30.6 Å². The molecule has 0 unspecified atom stereocenters. The highest BCUT2D eigenvalue weighted by Crippen LogP contribution is 2.11. The van der Waals surface area contributed by atoms with Gasteiger partial charge in [0.2, 0.25) is 0 Å². The third-order valence-corrected chi connectivity index (χ3v) is 3.04. The van der Waals surface area contributed by atoms with E-state index in [4.69, 9.17) is 9.52 Å². The number of hydrogen-bond donors (Lipinski definition) is 1. The van der Waals surface area contributed by atoms with Crippen molar-refractivity contribution in [2.45, 2.75) is 19.5 Å². The van der Waals surface area contributed by atoms with Gasteiger partial charge in [0.1, 0.15) is 0 Å². The fourth-order valence-corrected chi connectivity index (χ4v) is 2.11. The molecule has 0 aliphatic heterocycles. The standard InChI is InChI=1S/C13H12N4O4/c18-12(19)7-9-8-16(15-14-9)5-6-17-10-3-1-2-4-11(10)21-13(17)20/h1-4,8H,5-7H2,(H,18,19). The summed E-state index contributed by atoms with van der Waals surface area (Å²) >= 11 is 0. The minimum absolute atomic E-state index is 0.172. The van der Waals surface area contributed by atoms with Gasteiger partial charge in [0, 0.05) is 12.7 Å². The first kappa shape index (κ1) is 13.1. The summed E-state index contributed by atoms with van der Waals surface area (Å²) in [7, 11) is 0. The summed E-state index contributed by atoms with van der Waals surface area (Å²) in [5.41, 5.74) is 1.63. The third-order valence-electron chi connectivity index (χ3n) is 3.04. The zero-order valence-corrected chi connectivity index (χ0v) is 11.0. The molecule has 0 aliphatic carbocycles. The second-order valence-electron chi connectivity index (χ2n) is 4.53. The Morgan fingerprint density at radius 1 is 1.29 bits per heavy atom. The number of aryl methyl sites for hydroxylation is 2. The van der Waals surface area contributed by atoms with E-state index < -0.39 is 11.7 Å². The molecule has 3 rings (SSSR count). The van der Waals surface area contributed by atoms with Gasteiger partial charge in [0.25, 0.3) is 0 Å². The number of aromatic nitrogens is 4. The molecule has 108 valence electrons. The quantitative estimate of drug-likeness (QED) is 0.733. The highest BCUT2D eigenvalue weighted by molar-refractivity contribution is 5.72. The largest absolute Gasteiger partial charge is 0.481 e. The SMILES string of the molecule is O=C(O)Cc1cn(CCn2c(=O)oc3ccccc32)nn1. The first-order valence-corrected chi connectivity index (χ1v) is 6.32. The fourth-order valence-electron chi connectivity index (χ4n) is 2.11. The summed E-state index contributed by atoms with van der Waals surface area (Å²) in [6.07, 6.45) is 1.38. The van der Waals surface area contributed by atoms with Crippen molar-refractivity contribution in [1.82, 2.24) is 19.6 Å². The van der Waals surface area contributed by atoms with Crippen LogP contribution in [0.1, 0.15) is 5.69 Å². The lowest BCUT2D eigenvalue weighted by Crippen LogP contribution is -2.18. The Morgan fingerprint density at radius 3 is 2.90 bits per heavy atom. The van der Waals surface area contributed by atoms with Crippen molar-refractivity contribution in [2.75, 3.05) is 0 Å². The van der Waals surface area contributed by atoms with Gasteiger partial charge in [-0.1, -0.05) is 17.3 Å². The zero-order chi connectivity index (χ0) is 14.8. The summed E-state index contributed by atoms with van der Waals surface area (Å²) in [6, 6.07) is 7.16. The number of fused-ring (bicyclic) bond motifs is 1. The number of rotatable bonds is 5. The summed E-state index contributed by atoms with van der Waals surface area (Å²) in [5.74, 6) is -1.39. The molecule has 1 N–H and O–H groups in total. The molecule has 3 aromatic rings. The second kappa shape index (κ2) is 5.23. The van der Waals surface area contributed by atoms with Gasteiger partial charge in [-0.25, -0.2) is 4.79 Å². The van der Waals surface area contributed by atoms with E-state index in [9.17, 15) is 9.59 Å². The smallest absolute Gasteiger partial charge is 0.420 e. The first-order valence-electron chi connectivity index (χ1n) is 6.32. The van der Waals surface area contributed by atoms with Crippen LogP contribution in [0.15, 0.2) is 39.7 Å². The Labute approximate surface area is 118 Å². The summed E-state index contributed by atoms with van der Waals surface area (Å²) in [5, 5.41) is 16.3. The first-order chi connectivity index (χ1) is 10.1. The molecule has 0 saturated heterocycles. The van der Waals surface area contributed by atoms with Crippen molar-refractivity contribution in [3.05, 3.63) is 46.7 Å². The maximum Gasteiger partial charge on any atom is 0.420 e. The van der Waals surface area contributed by atoms with Crippen LogP contribution in [0.4, 0.5) is 0 Å². The molecule has 0 fully saturated rings. The van der Waals surface area contributed by atoms with Gasteiger partial charge < -0.3 is 9.52 Å². The van der Waals surface area contributed by atoms with E-state index >= 15 is 0 Å². The molecule has 21 heavy (non-hydrogen) atoms. The molecule has 0 atom stereocenters. The molecule has 8 nitrogen and oxygen atoms in total. The van der Waals surface area contributed by atoms with E-state index in [2.05, 4.69) is 10.3 Å². The molecule has 0 amide bonds. The van der Waals surface area contributed by atoms with Gasteiger partial charge in [0.15, 0.2) is 5.58 Å². The predicted molar refractivity (Wildman–Crippen MR) is 71.8 cm³/mol. The van der Waals surface area contributed by atoms with Gasteiger partial charge in [-0.2, -0.15) is 0 Å². The number of para-hydroxylation sites is 2. The highest BCUT2D eigenvalue weighted by Gasteiger charge is 2.09. The Kier molecular flexibility index (Phi) is 3.27. The maximum absolute atomic E-state index is 11.8. The van der Waals surface area contributed by atoms with E-state index in [1.165, 1.54) is 9.25 Å². The Bertz CT molecular complexity index is 845. The van der Waals surface area contributed by atoms with Crippen molar-refractivity contribution in [1.29, 1.82) is 0 Å². The number of aliphatic carboxylic acids is 1. The molecule has 1 aromatic carbocycles. The van der Waals surface area contributed by atoms with Crippen LogP contribution in [0.5, 0.6) is 0 Å². The summed E-state index contributed by atoms with van der Waals surface area (Å²) < 4.78 is 8.14. The molecular formula is C13H12N4O4. The van der Waals surface area contributed by atoms with Crippen LogP contribution in [0, 0.1) is 0 Å². The number of carboxylic acids is 1. The lowest BCUT2D eigenvalue weighted by atomic mass is 10.3. The number of hydrogen-bond acceptors (Lipinski definition) is 5. The minimum Gasteiger partial charge on any atom is -0.481 e. The number of benzene rings is 1. The second-order valence-corrected chi connectivity index (χ2v) is 4.53. The molecule has 0 radical (unpaired) electrons. The highest BCUT2D eigenvalue weighted by atomic mass is 16.4.